The van der Waals surface area contributed by atoms with Gasteiger partial charge in [-0.1, -0.05) is 24.1 Å². The summed E-state index contributed by atoms with van der Waals surface area (Å²) in [6, 6.07) is 17.4. The number of nitrogens with one attached hydrogen (secondary N) is 2. The lowest BCUT2D eigenvalue weighted by Gasteiger charge is -2.21. The Morgan fingerprint density at radius 2 is 1.93 bits per heavy atom. The van der Waals surface area contributed by atoms with Crippen molar-refractivity contribution in [2.75, 3.05) is 17.2 Å². The molecule has 1 unspecified atom stereocenters. The summed E-state index contributed by atoms with van der Waals surface area (Å²) in [6.45, 7) is 6.07. The van der Waals surface area contributed by atoms with Crippen molar-refractivity contribution >= 4 is 34.1 Å². The number of aromatic hydroxyl groups is 1. The number of nitrogens with zero attached hydrogens (tertiary/aromatic N) is 4. The van der Waals surface area contributed by atoms with E-state index in [2.05, 4.69) is 49.8 Å². The van der Waals surface area contributed by atoms with Crippen LogP contribution in [0.15, 0.2) is 73.2 Å². The van der Waals surface area contributed by atoms with Crippen molar-refractivity contribution in [3.63, 3.8) is 0 Å². The van der Waals surface area contributed by atoms with Gasteiger partial charge in [-0.05, 0) is 104 Å². The predicted octanol–water partition coefficient (Wildman–Crippen LogP) is 6.47. The van der Waals surface area contributed by atoms with Crippen molar-refractivity contribution in [2.24, 2.45) is 0 Å². The summed E-state index contributed by atoms with van der Waals surface area (Å²) in [5.41, 5.74) is 6.49. The average Bonchev–Trinajstić information content (AvgIpc) is 3.79. The zero-order valence-corrected chi connectivity index (χ0v) is 25.6. The monoisotopic (exact) mass is 600 g/mol. The molecular weight excluding hydrogens is 564 g/mol. The molecule has 9 nitrogen and oxygen atoms in total. The number of phenols is 1. The molecule has 2 aromatic heterocycles. The summed E-state index contributed by atoms with van der Waals surface area (Å²) in [6.07, 6.45) is 13.3. The van der Waals surface area contributed by atoms with Gasteiger partial charge in [0.05, 0.1) is 41.9 Å². The summed E-state index contributed by atoms with van der Waals surface area (Å²) >= 11 is 0. The Bertz CT molecular complexity index is 1940. The number of benzene rings is 3. The molecule has 3 aromatic carbocycles. The molecule has 9 heteroatoms. The van der Waals surface area contributed by atoms with E-state index >= 15 is 0 Å². The fourth-order valence-corrected chi connectivity index (χ4v) is 5.41. The third-order valence-electron chi connectivity index (χ3n) is 8.36. The quantitative estimate of drug-likeness (QED) is 0.136. The minimum atomic E-state index is -0.578. The van der Waals surface area contributed by atoms with Crippen molar-refractivity contribution in [1.82, 2.24) is 19.7 Å². The van der Waals surface area contributed by atoms with Gasteiger partial charge in [-0.3, -0.25) is 9.48 Å². The normalized spacial score (nSPS) is 13.8. The van der Waals surface area contributed by atoms with Crippen molar-refractivity contribution < 1.29 is 15.0 Å². The zero-order valence-electron chi connectivity index (χ0n) is 25.6. The summed E-state index contributed by atoms with van der Waals surface area (Å²) in [4.78, 5) is 22.6. The molecule has 1 aliphatic carbocycles. The van der Waals surface area contributed by atoms with Gasteiger partial charge in [0.25, 0.3) is 0 Å². The van der Waals surface area contributed by atoms with Gasteiger partial charge in [-0.2, -0.15) is 5.10 Å². The zero-order chi connectivity index (χ0) is 31.7. The predicted molar refractivity (Wildman–Crippen MR) is 177 cm³/mol. The number of aromatic nitrogens is 4. The standard InChI is InChI=1S/C36H36N6O3/c1-5-36(3,4)27-15-25(16-30(44)17-27)22(2)34(45)39-28-9-10-31(23-6-7-23)32(18-28)24-8-11-33-26(14-24)19-37-35(41-33)40-29-20-38-42(21-29)12-13-43/h1,8-11,14-23,43-44H,6-7,12-13H2,2-4H3,(H,39,45)(H,37,40,41). The number of anilines is 3. The van der Waals surface area contributed by atoms with Gasteiger partial charge >= 0.3 is 0 Å². The maximum atomic E-state index is 13.4. The van der Waals surface area contributed by atoms with Gasteiger partial charge in [0.15, 0.2) is 0 Å². The third-order valence-corrected chi connectivity index (χ3v) is 8.36. The first kappa shape index (κ1) is 29.9. The lowest BCUT2D eigenvalue weighted by atomic mass is 9.83. The first-order chi connectivity index (χ1) is 21.6. The van der Waals surface area contributed by atoms with Gasteiger partial charge in [-0.25, -0.2) is 9.97 Å². The van der Waals surface area contributed by atoms with Crippen molar-refractivity contribution in [3.05, 3.63) is 89.9 Å². The summed E-state index contributed by atoms with van der Waals surface area (Å²) in [5, 5.41) is 30.9. The Labute approximate surface area is 262 Å². The number of aliphatic hydroxyl groups is 1. The van der Waals surface area contributed by atoms with Gasteiger partial charge in [0, 0.05) is 23.5 Å². The van der Waals surface area contributed by atoms with E-state index in [1.165, 1.54) is 5.56 Å². The number of phenolic OH excluding ortho intramolecular Hbond substituents is 1. The van der Waals surface area contributed by atoms with Gasteiger partial charge in [0.1, 0.15) is 5.75 Å². The molecule has 0 aliphatic heterocycles. The number of amides is 1. The SMILES string of the molecule is C#CC(C)(C)c1cc(O)cc(C(C)C(=O)Nc2ccc(C3CC3)c(-c3ccc4nc(Nc5cnn(CCO)c5)ncc4c3)c2)c1. The van der Waals surface area contributed by atoms with Crippen LogP contribution < -0.4 is 10.6 Å². The van der Waals surface area contributed by atoms with E-state index in [9.17, 15) is 9.90 Å². The lowest BCUT2D eigenvalue weighted by molar-refractivity contribution is -0.117. The molecule has 4 N–H and O–H groups in total. The third kappa shape index (κ3) is 6.52. The van der Waals surface area contributed by atoms with Crippen LogP contribution in [0.1, 0.15) is 62.1 Å². The fourth-order valence-electron chi connectivity index (χ4n) is 5.41. The van der Waals surface area contributed by atoms with Crippen LogP contribution in [-0.2, 0) is 16.8 Å². The minimum Gasteiger partial charge on any atom is -0.508 e. The number of fused-ring (bicyclic) bond motifs is 1. The number of hydrogen-bond donors (Lipinski definition) is 4. The maximum Gasteiger partial charge on any atom is 0.231 e. The molecular formula is C36H36N6O3. The minimum absolute atomic E-state index is 0.0129. The number of rotatable bonds is 10. The van der Waals surface area contributed by atoms with Crippen molar-refractivity contribution in [2.45, 2.75) is 57.4 Å². The molecule has 1 atom stereocenters. The Morgan fingerprint density at radius 1 is 1.11 bits per heavy atom. The van der Waals surface area contributed by atoms with Gasteiger partial charge in [0.2, 0.25) is 11.9 Å². The molecule has 2 heterocycles. The second kappa shape index (κ2) is 12.1. The molecule has 1 amide bonds. The van der Waals surface area contributed by atoms with Crippen LogP contribution >= 0.6 is 0 Å². The number of terminal acetylenes is 1. The van der Waals surface area contributed by atoms with Crippen LogP contribution in [0, 0.1) is 12.3 Å². The molecule has 0 radical (unpaired) electrons. The van der Waals surface area contributed by atoms with Gasteiger partial charge in [-0.15, -0.1) is 6.42 Å². The molecule has 45 heavy (non-hydrogen) atoms. The summed E-state index contributed by atoms with van der Waals surface area (Å²) in [7, 11) is 0. The smallest absolute Gasteiger partial charge is 0.231 e. The number of carbonyl (C=O) groups excluding carboxylic acids is 1. The Kier molecular flexibility index (Phi) is 8.00. The van der Waals surface area contributed by atoms with E-state index in [-0.39, 0.29) is 18.3 Å². The largest absolute Gasteiger partial charge is 0.508 e. The van der Waals surface area contributed by atoms with Crippen molar-refractivity contribution in [3.8, 4) is 29.2 Å². The highest BCUT2D eigenvalue weighted by Crippen LogP contribution is 2.45. The second-order valence-corrected chi connectivity index (χ2v) is 12.2. The molecule has 228 valence electrons. The Balaban J connectivity index is 1.24. The van der Waals surface area contributed by atoms with E-state index in [1.54, 1.807) is 35.4 Å². The fraction of sp³-hybridized carbons (Fsp3) is 0.278. The highest BCUT2D eigenvalue weighted by molar-refractivity contribution is 5.96. The Morgan fingerprint density at radius 3 is 2.69 bits per heavy atom. The van der Waals surface area contributed by atoms with Crippen LogP contribution in [-0.4, -0.2) is 42.5 Å². The highest BCUT2D eigenvalue weighted by Gasteiger charge is 2.27. The average molecular weight is 601 g/mol. The second-order valence-electron chi connectivity index (χ2n) is 12.2. The first-order valence-electron chi connectivity index (χ1n) is 15.1. The van der Waals surface area contributed by atoms with E-state index in [0.29, 0.717) is 29.7 Å². The Hall–Kier alpha value is -5.20. The molecule has 1 fully saturated rings. The molecule has 1 saturated carbocycles. The van der Waals surface area contributed by atoms with E-state index in [0.717, 1.165) is 46.1 Å². The van der Waals surface area contributed by atoms with Crippen molar-refractivity contribution in [1.29, 1.82) is 0 Å². The van der Waals surface area contributed by atoms with E-state index in [4.69, 9.17) is 11.5 Å². The number of aliphatic hydroxyl groups excluding tert-OH is 1. The van der Waals surface area contributed by atoms with Gasteiger partial charge < -0.3 is 20.8 Å². The van der Waals surface area contributed by atoms with Crippen LogP contribution in [0.2, 0.25) is 0 Å². The number of carbonyl (C=O) groups is 1. The summed E-state index contributed by atoms with van der Waals surface area (Å²) < 4.78 is 1.65. The van der Waals surface area contributed by atoms with Crippen LogP contribution in [0.4, 0.5) is 17.3 Å². The maximum absolute atomic E-state index is 13.4. The summed E-state index contributed by atoms with van der Waals surface area (Å²) in [5.74, 6) is 3.10. The van der Waals surface area contributed by atoms with Crippen LogP contribution in [0.25, 0.3) is 22.0 Å². The first-order valence-corrected chi connectivity index (χ1v) is 15.1. The van der Waals surface area contributed by atoms with Crippen LogP contribution in [0.3, 0.4) is 0 Å². The topological polar surface area (TPSA) is 125 Å². The molecule has 5 aromatic rings. The highest BCUT2D eigenvalue weighted by atomic mass is 16.3. The van der Waals surface area contributed by atoms with E-state index in [1.807, 2.05) is 45.0 Å². The molecule has 0 spiro atoms. The lowest BCUT2D eigenvalue weighted by Crippen LogP contribution is -2.20. The molecule has 0 saturated heterocycles. The van der Waals surface area contributed by atoms with E-state index < -0.39 is 11.3 Å². The van der Waals surface area contributed by atoms with Crippen LogP contribution in [0.5, 0.6) is 5.75 Å². The molecule has 0 bridgehead atoms. The number of hydrogen-bond acceptors (Lipinski definition) is 7. The molecule has 6 rings (SSSR count). The molecule has 1 aliphatic rings.